The molecule has 1 aliphatic rings. The standard InChI is InChI=1S/C16H15NO4S/c1-3-10-6-11-7-13-14(21-5-4-20-13)8-12(11)17-15(10)22-9(2)16(18)19/h6-8H,2-5H2,1H3,(H,18,19). The van der Waals surface area contributed by atoms with Crippen molar-refractivity contribution in [2.45, 2.75) is 18.4 Å². The van der Waals surface area contributed by atoms with Gasteiger partial charge in [0.1, 0.15) is 18.2 Å². The van der Waals surface area contributed by atoms with Crippen molar-refractivity contribution in [1.82, 2.24) is 4.98 Å². The first-order chi connectivity index (χ1) is 10.6. The van der Waals surface area contributed by atoms with Crippen LogP contribution >= 0.6 is 11.8 Å². The zero-order valence-corrected chi connectivity index (χ0v) is 12.9. The third-order valence-electron chi connectivity index (χ3n) is 3.36. The van der Waals surface area contributed by atoms with Crippen LogP contribution in [0.3, 0.4) is 0 Å². The molecule has 2 aromatic rings. The van der Waals surface area contributed by atoms with Crippen LogP contribution in [0.1, 0.15) is 12.5 Å². The molecule has 0 amide bonds. The SMILES string of the molecule is C=C(Sc1nc2cc3c(cc2cc1CC)OCCO3)C(=O)O. The number of carboxylic acid groups (broad SMARTS) is 1. The van der Waals surface area contributed by atoms with Crippen molar-refractivity contribution in [3.8, 4) is 11.5 Å². The second kappa shape index (κ2) is 5.88. The number of ether oxygens (including phenoxy) is 2. The van der Waals surface area contributed by atoms with Gasteiger partial charge in [-0.05, 0) is 24.1 Å². The highest BCUT2D eigenvalue weighted by Gasteiger charge is 2.16. The Kier molecular flexibility index (Phi) is 3.94. The minimum absolute atomic E-state index is 0.0547. The number of pyridine rings is 1. The van der Waals surface area contributed by atoms with Crippen molar-refractivity contribution in [1.29, 1.82) is 0 Å². The van der Waals surface area contributed by atoms with Crippen molar-refractivity contribution in [2.24, 2.45) is 0 Å². The van der Waals surface area contributed by atoms with Gasteiger partial charge in [0.25, 0.3) is 0 Å². The van der Waals surface area contributed by atoms with E-state index < -0.39 is 5.97 Å². The molecule has 1 aromatic carbocycles. The molecule has 0 saturated carbocycles. The number of hydrogen-bond acceptors (Lipinski definition) is 5. The molecular weight excluding hydrogens is 302 g/mol. The quantitative estimate of drug-likeness (QED) is 0.689. The number of aryl methyl sites for hydroxylation is 1. The fourth-order valence-corrected chi connectivity index (χ4v) is 3.04. The number of carbonyl (C=O) groups is 1. The molecule has 114 valence electrons. The Morgan fingerprint density at radius 2 is 2.00 bits per heavy atom. The Morgan fingerprint density at radius 3 is 2.64 bits per heavy atom. The summed E-state index contributed by atoms with van der Waals surface area (Å²) in [5.41, 5.74) is 1.73. The third-order valence-corrected chi connectivity index (χ3v) is 4.33. The average molecular weight is 317 g/mol. The molecule has 0 bridgehead atoms. The van der Waals surface area contributed by atoms with Crippen molar-refractivity contribution in [3.63, 3.8) is 0 Å². The number of rotatable bonds is 4. The smallest absolute Gasteiger partial charge is 0.341 e. The van der Waals surface area contributed by atoms with E-state index in [4.69, 9.17) is 14.6 Å². The molecular formula is C16H15NO4S. The molecule has 0 unspecified atom stereocenters. The van der Waals surface area contributed by atoms with Crippen molar-refractivity contribution in [3.05, 3.63) is 35.2 Å². The summed E-state index contributed by atoms with van der Waals surface area (Å²) < 4.78 is 11.1. The first-order valence-electron chi connectivity index (χ1n) is 6.92. The minimum atomic E-state index is -1.03. The van der Waals surface area contributed by atoms with Crippen LogP contribution in [0.25, 0.3) is 10.9 Å². The van der Waals surface area contributed by atoms with Crippen LogP contribution in [0.2, 0.25) is 0 Å². The van der Waals surface area contributed by atoms with E-state index in [1.165, 1.54) is 0 Å². The highest BCUT2D eigenvalue weighted by atomic mass is 32.2. The Morgan fingerprint density at radius 1 is 1.32 bits per heavy atom. The minimum Gasteiger partial charge on any atom is -0.486 e. The molecule has 3 rings (SSSR count). The molecule has 2 heterocycles. The van der Waals surface area contributed by atoms with E-state index in [1.54, 1.807) is 0 Å². The lowest BCUT2D eigenvalue weighted by molar-refractivity contribution is -0.131. The first kappa shape index (κ1) is 14.7. The summed E-state index contributed by atoms with van der Waals surface area (Å²) in [5.74, 6) is 0.359. The van der Waals surface area contributed by atoms with Gasteiger partial charge in [-0.15, -0.1) is 0 Å². The molecule has 0 spiro atoms. The molecule has 1 N–H and O–H groups in total. The molecule has 0 aliphatic carbocycles. The highest BCUT2D eigenvalue weighted by Crippen LogP contribution is 2.36. The lowest BCUT2D eigenvalue weighted by atomic mass is 10.1. The third kappa shape index (κ3) is 2.74. The summed E-state index contributed by atoms with van der Waals surface area (Å²) >= 11 is 1.08. The van der Waals surface area contributed by atoms with Gasteiger partial charge >= 0.3 is 5.97 Å². The zero-order valence-electron chi connectivity index (χ0n) is 12.1. The summed E-state index contributed by atoms with van der Waals surface area (Å²) in [6.07, 6.45) is 0.757. The number of hydrogen-bond donors (Lipinski definition) is 1. The summed E-state index contributed by atoms with van der Waals surface area (Å²) in [4.78, 5) is 15.6. The predicted molar refractivity (Wildman–Crippen MR) is 84.7 cm³/mol. The molecule has 0 fully saturated rings. The first-order valence-corrected chi connectivity index (χ1v) is 7.73. The molecule has 0 saturated heterocycles. The van der Waals surface area contributed by atoms with Gasteiger partial charge in [0.15, 0.2) is 11.5 Å². The van der Waals surface area contributed by atoms with Gasteiger partial charge in [-0.3, -0.25) is 0 Å². The lowest BCUT2D eigenvalue weighted by Gasteiger charge is -2.19. The maximum Gasteiger partial charge on any atom is 0.341 e. The van der Waals surface area contributed by atoms with Gasteiger partial charge < -0.3 is 14.6 Å². The topological polar surface area (TPSA) is 68.7 Å². The Balaban J connectivity index is 2.08. The van der Waals surface area contributed by atoms with Crippen LogP contribution < -0.4 is 9.47 Å². The molecule has 22 heavy (non-hydrogen) atoms. The summed E-state index contributed by atoms with van der Waals surface area (Å²) in [5, 5.41) is 10.6. The molecule has 0 radical (unpaired) electrons. The highest BCUT2D eigenvalue weighted by molar-refractivity contribution is 8.03. The van der Waals surface area contributed by atoms with Crippen LogP contribution in [0.4, 0.5) is 0 Å². The Labute approximate surface area is 131 Å². The molecule has 5 nitrogen and oxygen atoms in total. The van der Waals surface area contributed by atoms with Crippen LogP contribution in [-0.4, -0.2) is 29.3 Å². The normalized spacial score (nSPS) is 13.1. The van der Waals surface area contributed by atoms with E-state index >= 15 is 0 Å². The zero-order chi connectivity index (χ0) is 15.7. The van der Waals surface area contributed by atoms with Gasteiger partial charge in [-0.25, -0.2) is 9.78 Å². The number of fused-ring (bicyclic) bond motifs is 2. The lowest BCUT2D eigenvalue weighted by Crippen LogP contribution is -2.15. The van der Waals surface area contributed by atoms with Gasteiger partial charge in [0, 0.05) is 11.5 Å². The maximum absolute atomic E-state index is 11.0. The van der Waals surface area contributed by atoms with E-state index in [1.807, 2.05) is 25.1 Å². The number of aliphatic carboxylic acids is 1. The molecule has 1 aromatic heterocycles. The van der Waals surface area contributed by atoms with E-state index in [2.05, 4.69) is 11.6 Å². The van der Waals surface area contributed by atoms with Crippen LogP contribution in [0, 0.1) is 0 Å². The maximum atomic E-state index is 11.0. The number of nitrogens with zero attached hydrogens (tertiary/aromatic N) is 1. The van der Waals surface area contributed by atoms with Gasteiger partial charge in [-0.1, -0.05) is 25.3 Å². The van der Waals surface area contributed by atoms with Gasteiger partial charge in [-0.2, -0.15) is 0 Å². The van der Waals surface area contributed by atoms with Crippen LogP contribution in [0.5, 0.6) is 11.5 Å². The van der Waals surface area contributed by atoms with E-state index in [0.29, 0.717) is 24.0 Å². The van der Waals surface area contributed by atoms with Crippen molar-refractivity contribution < 1.29 is 19.4 Å². The number of benzene rings is 1. The average Bonchev–Trinajstić information content (AvgIpc) is 2.52. The van der Waals surface area contributed by atoms with E-state index in [0.717, 1.165) is 40.4 Å². The van der Waals surface area contributed by atoms with E-state index in [9.17, 15) is 4.79 Å². The second-order valence-electron chi connectivity index (χ2n) is 4.83. The van der Waals surface area contributed by atoms with Crippen molar-refractivity contribution >= 4 is 28.6 Å². The van der Waals surface area contributed by atoms with Crippen LogP contribution in [-0.2, 0) is 11.2 Å². The van der Waals surface area contributed by atoms with Crippen molar-refractivity contribution in [2.75, 3.05) is 13.2 Å². The summed E-state index contributed by atoms with van der Waals surface area (Å²) in [7, 11) is 0. The fraction of sp³-hybridized carbons (Fsp3) is 0.250. The molecule has 0 atom stereocenters. The molecule has 6 heteroatoms. The molecule has 1 aliphatic heterocycles. The largest absolute Gasteiger partial charge is 0.486 e. The number of carboxylic acids is 1. The summed E-state index contributed by atoms with van der Waals surface area (Å²) in [6.45, 7) is 6.62. The van der Waals surface area contributed by atoms with Gasteiger partial charge in [0.05, 0.1) is 10.4 Å². The number of thioether (sulfide) groups is 1. The number of aromatic nitrogens is 1. The monoisotopic (exact) mass is 317 g/mol. The second-order valence-corrected chi connectivity index (χ2v) is 5.91. The summed E-state index contributed by atoms with van der Waals surface area (Å²) in [6, 6.07) is 5.76. The van der Waals surface area contributed by atoms with E-state index in [-0.39, 0.29) is 4.91 Å². The Bertz CT molecular complexity index is 772. The Hall–Kier alpha value is -2.21. The van der Waals surface area contributed by atoms with Crippen LogP contribution in [0.15, 0.2) is 34.7 Å². The van der Waals surface area contributed by atoms with Gasteiger partial charge in [0.2, 0.25) is 0 Å². The predicted octanol–water partition coefficient (Wildman–Crippen LogP) is 3.26. The fourth-order valence-electron chi connectivity index (χ4n) is 2.24.